The van der Waals surface area contributed by atoms with Crippen molar-refractivity contribution in [3.8, 4) is 0 Å². The fraction of sp³-hybridized carbons (Fsp3) is 0.471. The van der Waals surface area contributed by atoms with Crippen molar-refractivity contribution in [1.82, 2.24) is 9.97 Å². The van der Waals surface area contributed by atoms with Crippen molar-refractivity contribution < 1.29 is 9.90 Å². The first kappa shape index (κ1) is 15.5. The molecule has 1 heterocycles. The van der Waals surface area contributed by atoms with E-state index in [4.69, 9.17) is 0 Å². The molecule has 2 unspecified atom stereocenters. The van der Waals surface area contributed by atoms with Gasteiger partial charge >= 0.3 is 5.97 Å². The lowest BCUT2D eigenvalue weighted by atomic mass is 9.84. The lowest BCUT2D eigenvalue weighted by Crippen LogP contribution is -2.37. The Kier molecular flexibility index (Phi) is 4.32. The molecular formula is C17H22N4O2. The second-order valence-corrected chi connectivity index (χ2v) is 6.26. The van der Waals surface area contributed by atoms with Gasteiger partial charge in [0.05, 0.1) is 11.4 Å². The second kappa shape index (κ2) is 6.40. The van der Waals surface area contributed by atoms with Crippen molar-refractivity contribution >= 4 is 28.6 Å². The van der Waals surface area contributed by atoms with E-state index in [1.807, 2.05) is 43.3 Å². The predicted molar refractivity (Wildman–Crippen MR) is 90.9 cm³/mol. The summed E-state index contributed by atoms with van der Waals surface area (Å²) in [5.74, 6) is 0.226. The van der Waals surface area contributed by atoms with Crippen LogP contribution in [0.15, 0.2) is 24.3 Å². The van der Waals surface area contributed by atoms with E-state index in [1.54, 1.807) is 0 Å². The Morgan fingerprint density at radius 1 is 1.22 bits per heavy atom. The zero-order chi connectivity index (χ0) is 16.4. The van der Waals surface area contributed by atoms with Crippen molar-refractivity contribution in [3.63, 3.8) is 0 Å². The third-order valence-electron chi connectivity index (χ3n) is 4.40. The number of carbonyl (C=O) groups is 1. The Hall–Kier alpha value is -2.37. The summed E-state index contributed by atoms with van der Waals surface area (Å²) in [5.41, 5.74) is 0.858. The van der Waals surface area contributed by atoms with Crippen LogP contribution in [0.1, 0.15) is 25.7 Å². The van der Waals surface area contributed by atoms with Crippen molar-refractivity contribution in [2.24, 2.45) is 5.92 Å². The maximum absolute atomic E-state index is 11.5. The molecule has 1 aliphatic rings. The summed E-state index contributed by atoms with van der Waals surface area (Å²) in [7, 11) is 3.89. The van der Waals surface area contributed by atoms with Gasteiger partial charge in [-0.3, -0.25) is 4.79 Å². The van der Waals surface area contributed by atoms with E-state index < -0.39 is 5.97 Å². The zero-order valence-electron chi connectivity index (χ0n) is 13.5. The van der Waals surface area contributed by atoms with Crippen molar-refractivity contribution in [3.05, 3.63) is 24.3 Å². The Bertz CT molecular complexity index is 717. The molecule has 2 atom stereocenters. The average molecular weight is 314 g/mol. The van der Waals surface area contributed by atoms with Gasteiger partial charge in [-0.2, -0.15) is 4.98 Å². The van der Waals surface area contributed by atoms with Gasteiger partial charge in [-0.05, 0) is 25.0 Å². The van der Waals surface area contributed by atoms with E-state index in [0.29, 0.717) is 12.4 Å². The number of carboxylic acids is 1. The predicted octanol–water partition coefficient (Wildman–Crippen LogP) is 2.75. The number of hydrogen-bond donors (Lipinski definition) is 2. The second-order valence-electron chi connectivity index (χ2n) is 6.26. The lowest BCUT2D eigenvalue weighted by molar-refractivity contribution is -0.143. The monoisotopic (exact) mass is 314 g/mol. The number of aromatic nitrogens is 2. The molecule has 0 spiro atoms. The number of aliphatic carboxylic acids is 1. The summed E-state index contributed by atoms with van der Waals surface area (Å²) in [6, 6.07) is 7.74. The molecule has 1 fully saturated rings. The van der Waals surface area contributed by atoms with E-state index in [9.17, 15) is 9.90 Å². The van der Waals surface area contributed by atoms with Gasteiger partial charge in [0, 0.05) is 25.5 Å². The number of benzene rings is 1. The number of hydrogen-bond acceptors (Lipinski definition) is 5. The third-order valence-corrected chi connectivity index (χ3v) is 4.40. The highest BCUT2D eigenvalue weighted by atomic mass is 16.4. The SMILES string of the molecule is CN(C)c1nc(NC2CCCCC2C(=O)O)nc2ccccc12. The van der Waals surface area contributed by atoms with Crippen LogP contribution in [0.5, 0.6) is 0 Å². The minimum atomic E-state index is -0.740. The maximum atomic E-state index is 11.5. The number of para-hydroxylation sites is 1. The number of rotatable bonds is 4. The molecule has 122 valence electrons. The van der Waals surface area contributed by atoms with E-state index in [-0.39, 0.29) is 12.0 Å². The van der Waals surface area contributed by atoms with Gasteiger partial charge in [-0.15, -0.1) is 0 Å². The molecule has 1 saturated carbocycles. The van der Waals surface area contributed by atoms with Gasteiger partial charge in [-0.1, -0.05) is 25.0 Å². The van der Waals surface area contributed by atoms with Crippen molar-refractivity contribution in [2.45, 2.75) is 31.7 Å². The van der Waals surface area contributed by atoms with E-state index in [1.165, 1.54) is 0 Å². The van der Waals surface area contributed by atoms with Crippen LogP contribution < -0.4 is 10.2 Å². The summed E-state index contributed by atoms with van der Waals surface area (Å²) in [5, 5.41) is 13.7. The molecular weight excluding hydrogens is 292 g/mol. The summed E-state index contributed by atoms with van der Waals surface area (Å²) in [4.78, 5) is 22.6. The number of nitrogens with one attached hydrogen (secondary N) is 1. The van der Waals surface area contributed by atoms with Crippen LogP contribution in [0.4, 0.5) is 11.8 Å². The third kappa shape index (κ3) is 3.21. The Balaban J connectivity index is 1.94. The number of carboxylic acid groups (broad SMARTS) is 1. The molecule has 0 bridgehead atoms. The summed E-state index contributed by atoms with van der Waals surface area (Å²) in [6.45, 7) is 0. The quantitative estimate of drug-likeness (QED) is 0.903. The molecule has 0 radical (unpaired) electrons. The van der Waals surface area contributed by atoms with Gasteiger partial charge in [0.2, 0.25) is 5.95 Å². The van der Waals surface area contributed by atoms with Crippen LogP contribution >= 0.6 is 0 Å². The van der Waals surface area contributed by atoms with Gasteiger partial charge < -0.3 is 15.3 Å². The van der Waals surface area contributed by atoms with Crippen LogP contribution in [0.3, 0.4) is 0 Å². The summed E-state index contributed by atoms with van der Waals surface area (Å²) < 4.78 is 0. The minimum Gasteiger partial charge on any atom is -0.481 e. The fourth-order valence-electron chi connectivity index (χ4n) is 3.23. The topological polar surface area (TPSA) is 78.4 Å². The van der Waals surface area contributed by atoms with Crippen LogP contribution in [0, 0.1) is 5.92 Å². The molecule has 0 saturated heterocycles. The Morgan fingerprint density at radius 3 is 2.70 bits per heavy atom. The van der Waals surface area contributed by atoms with Gasteiger partial charge in [0.15, 0.2) is 0 Å². The highest BCUT2D eigenvalue weighted by Crippen LogP contribution is 2.29. The molecule has 0 amide bonds. The molecule has 1 aromatic carbocycles. The normalized spacial score (nSPS) is 21.1. The van der Waals surface area contributed by atoms with Gasteiger partial charge in [0.25, 0.3) is 0 Å². The smallest absolute Gasteiger partial charge is 0.308 e. The van der Waals surface area contributed by atoms with E-state index in [2.05, 4.69) is 15.3 Å². The van der Waals surface area contributed by atoms with Gasteiger partial charge in [0.1, 0.15) is 5.82 Å². The van der Waals surface area contributed by atoms with Crippen LogP contribution in [-0.2, 0) is 4.79 Å². The van der Waals surface area contributed by atoms with Gasteiger partial charge in [-0.25, -0.2) is 4.98 Å². The highest BCUT2D eigenvalue weighted by molar-refractivity contribution is 5.90. The first-order valence-electron chi connectivity index (χ1n) is 7.99. The fourth-order valence-corrected chi connectivity index (χ4v) is 3.23. The summed E-state index contributed by atoms with van der Waals surface area (Å²) in [6.07, 6.45) is 3.55. The number of nitrogens with zero attached hydrogens (tertiary/aromatic N) is 3. The molecule has 1 aromatic heterocycles. The largest absolute Gasteiger partial charge is 0.481 e. The van der Waals surface area contributed by atoms with E-state index >= 15 is 0 Å². The number of fused-ring (bicyclic) bond motifs is 1. The first-order valence-corrected chi connectivity index (χ1v) is 7.99. The molecule has 3 rings (SSSR count). The van der Waals surface area contributed by atoms with Crippen molar-refractivity contribution in [1.29, 1.82) is 0 Å². The highest BCUT2D eigenvalue weighted by Gasteiger charge is 2.31. The minimum absolute atomic E-state index is 0.113. The molecule has 6 heteroatoms. The number of anilines is 2. The summed E-state index contributed by atoms with van der Waals surface area (Å²) >= 11 is 0. The lowest BCUT2D eigenvalue weighted by Gasteiger charge is -2.29. The Labute approximate surface area is 135 Å². The molecule has 1 aliphatic carbocycles. The van der Waals surface area contributed by atoms with Crippen LogP contribution in [-0.4, -0.2) is 41.2 Å². The molecule has 2 N–H and O–H groups in total. The zero-order valence-corrected chi connectivity index (χ0v) is 13.5. The van der Waals surface area contributed by atoms with Crippen molar-refractivity contribution in [2.75, 3.05) is 24.3 Å². The first-order chi connectivity index (χ1) is 11.1. The standard InChI is InChI=1S/C17H22N4O2/c1-21(2)15-11-7-3-5-9-13(11)18-17(20-15)19-14-10-6-4-8-12(14)16(22)23/h3,5,7,9,12,14H,4,6,8,10H2,1-2H3,(H,22,23)(H,18,19,20). The van der Waals surface area contributed by atoms with E-state index in [0.717, 1.165) is 36.0 Å². The Morgan fingerprint density at radius 2 is 1.96 bits per heavy atom. The van der Waals surface area contributed by atoms with Crippen LogP contribution in [0.25, 0.3) is 10.9 Å². The molecule has 0 aliphatic heterocycles. The maximum Gasteiger partial charge on any atom is 0.308 e. The molecule has 6 nitrogen and oxygen atoms in total. The average Bonchev–Trinajstić information content (AvgIpc) is 2.54. The molecule has 23 heavy (non-hydrogen) atoms. The van der Waals surface area contributed by atoms with Crippen LogP contribution in [0.2, 0.25) is 0 Å². The molecule has 2 aromatic rings.